The molecule has 7 nitrogen and oxygen atoms in total. The number of carbonyl (C=O) groups excluding carboxylic acids is 1. The molecule has 0 fully saturated rings. The Morgan fingerprint density at radius 1 is 1.10 bits per heavy atom. The van der Waals surface area contributed by atoms with Crippen LogP contribution in [0.5, 0.6) is 0 Å². The van der Waals surface area contributed by atoms with Crippen LogP contribution in [-0.4, -0.2) is 31.4 Å². The predicted molar refractivity (Wildman–Crippen MR) is 112 cm³/mol. The van der Waals surface area contributed by atoms with E-state index in [0.717, 1.165) is 5.76 Å². The van der Waals surface area contributed by atoms with Gasteiger partial charge in [-0.3, -0.25) is 14.3 Å². The maximum Gasteiger partial charge on any atom is 0.234 e. The largest absolute Gasteiger partial charge is 0.467 e. The topological polar surface area (TPSA) is 85.8 Å². The molecule has 3 aromatic heterocycles. The van der Waals surface area contributed by atoms with Crippen LogP contribution in [-0.2, 0) is 11.3 Å². The van der Waals surface area contributed by atoms with Gasteiger partial charge in [-0.1, -0.05) is 29.4 Å². The van der Waals surface area contributed by atoms with E-state index in [1.165, 1.54) is 11.8 Å². The Balaban J connectivity index is 1.51. The average molecular weight is 426 g/mol. The van der Waals surface area contributed by atoms with Crippen molar-refractivity contribution in [3.8, 4) is 11.5 Å². The molecule has 146 valence electrons. The van der Waals surface area contributed by atoms with Crippen LogP contribution in [0, 0.1) is 0 Å². The number of nitrogens with zero attached hydrogens (tertiary/aromatic N) is 4. The molecule has 0 atom stereocenters. The number of carbonyl (C=O) groups is 1. The number of anilines is 1. The number of pyridine rings is 1. The molecular weight excluding hydrogens is 410 g/mol. The van der Waals surface area contributed by atoms with Gasteiger partial charge in [0.05, 0.1) is 18.6 Å². The minimum absolute atomic E-state index is 0.149. The second-order valence-corrected chi connectivity index (χ2v) is 7.41. The molecule has 1 aromatic carbocycles. The summed E-state index contributed by atoms with van der Waals surface area (Å²) in [6, 6.07) is 16.3. The normalized spacial score (nSPS) is 10.8. The van der Waals surface area contributed by atoms with E-state index in [-0.39, 0.29) is 11.7 Å². The lowest BCUT2D eigenvalue weighted by molar-refractivity contribution is -0.113. The maximum atomic E-state index is 12.3. The van der Waals surface area contributed by atoms with Crippen molar-refractivity contribution in [2.24, 2.45) is 0 Å². The summed E-state index contributed by atoms with van der Waals surface area (Å²) in [4.78, 5) is 16.7. The Bertz CT molecular complexity index is 1080. The van der Waals surface area contributed by atoms with Gasteiger partial charge in [0.15, 0.2) is 11.0 Å². The van der Waals surface area contributed by atoms with Crippen molar-refractivity contribution in [2.45, 2.75) is 11.7 Å². The first-order chi connectivity index (χ1) is 14.2. The molecule has 0 saturated heterocycles. The molecule has 4 aromatic rings. The first-order valence-electron chi connectivity index (χ1n) is 8.74. The molecule has 9 heteroatoms. The third-order valence-corrected chi connectivity index (χ3v) is 5.18. The summed E-state index contributed by atoms with van der Waals surface area (Å²) in [7, 11) is 0. The summed E-state index contributed by atoms with van der Waals surface area (Å²) in [6.45, 7) is 0.438. The minimum atomic E-state index is -0.149. The Kier molecular flexibility index (Phi) is 5.92. The predicted octanol–water partition coefficient (Wildman–Crippen LogP) is 4.37. The average Bonchev–Trinajstić information content (AvgIpc) is 3.39. The number of furan rings is 1. The van der Waals surface area contributed by atoms with Crippen LogP contribution in [0.25, 0.3) is 11.5 Å². The molecule has 0 spiro atoms. The van der Waals surface area contributed by atoms with Crippen LogP contribution >= 0.6 is 23.4 Å². The highest BCUT2D eigenvalue weighted by Crippen LogP contribution is 2.24. The summed E-state index contributed by atoms with van der Waals surface area (Å²) in [5.41, 5.74) is 1.38. The molecule has 1 amide bonds. The highest BCUT2D eigenvalue weighted by atomic mass is 35.5. The van der Waals surface area contributed by atoms with Crippen LogP contribution in [0.1, 0.15) is 5.76 Å². The fraction of sp³-hybridized carbons (Fsp3) is 0.100. The van der Waals surface area contributed by atoms with Crippen LogP contribution in [0.3, 0.4) is 0 Å². The van der Waals surface area contributed by atoms with E-state index in [0.29, 0.717) is 33.9 Å². The molecule has 4 rings (SSSR count). The highest BCUT2D eigenvalue weighted by Gasteiger charge is 2.17. The van der Waals surface area contributed by atoms with Crippen LogP contribution in [0.2, 0.25) is 5.02 Å². The van der Waals surface area contributed by atoms with Gasteiger partial charge in [-0.15, -0.1) is 10.2 Å². The van der Waals surface area contributed by atoms with Crippen molar-refractivity contribution in [1.82, 2.24) is 19.7 Å². The van der Waals surface area contributed by atoms with E-state index in [2.05, 4.69) is 20.5 Å². The molecule has 0 aliphatic heterocycles. The monoisotopic (exact) mass is 425 g/mol. The van der Waals surface area contributed by atoms with E-state index in [1.807, 2.05) is 34.9 Å². The van der Waals surface area contributed by atoms with Gasteiger partial charge in [0.25, 0.3) is 0 Å². The Hall–Kier alpha value is -3.10. The van der Waals surface area contributed by atoms with Crippen molar-refractivity contribution in [3.05, 3.63) is 77.8 Å². The summed E-state index contributed by atoms with van der Waals surface area (Å²) in [5, 5.41) is 12.6. The number of aromatic nitrogens is 4. The van der Waals surface area contributed by atoms with E-state index < -0.39 is 0 Å². The van der Waals surface area contributed by atoms with Gasteiger partial charge in [0.1, 0.15) is 11.5 Å². The van der Waals surface area contributed by atoms with Crippen LogP contribution in [0.15, 0.2) is 76.6 Å². The maximum absolute atomic E-state index is 12.3. The highest BCUT2D eigenvalue weighted by molar-refractivity contribution is 7.99. The molecule has 0 unspecified atom stereocenters. The molecule has 0 aliphatic carbocycles. The number of hydrogen-bond donors (Lipinski definition) is 1. The molecule has 0 saturated carbocycles. The van der Waals surface area contributed by atoms with Gasteiger partial charge in [-0.2, -0.15) is 0 Å². The Labute approximate surface area is 176 Å². The number of halogens is 1. The van der Waals surface area contributed by atoms with E-state index >= 15 is 0 Å². The lowest BCUT2D eigenvalue weighted by atomic mass is 10.3. The van der Waals surface area contributed by atoms with E-state index in [4.69, 9.17) is 16.0 Å². The third-order valence-electron chi connectivity index (χ3n) is 3.97. The first-order valence-corrected chi connectivity index (χ1v) is 10.1. The standard InChI is InChI=1S/C20H16ClN5O2S/c21-14-6-8-15(9-7-14)23-18(27)13-29-20-25-24-19(17-5-1-2-10-22-17)26(20)12-16-4-3-11-28-16/h1-11H,12-13H2,(H,23,27). The lowest BCUT2D eigenvalue weighted by Crippen LogP contribution is -2.14. The number of hydrogen-bond acceptors (Lipinski definition) is 6. The van der Waals surface area contributed by atoms with Gasteiger partial charge < -0.3 is 9.73 Å². The Morgan fingerprint density at radius 3 is 2.69 bits per heavy atom. The summed E-state index contributed by atoms with van der Waals surface area (Å²) in [6.07, 6.45) is 3.32. The smallest absolute Gasteiger partial charge is 0.234 e. The lowest BCUT2D eigenvalue weighted by Gasteiger charge is -2.09. The van der Waals surface area contributed by atoms with Crippen LogP contribution < -0.4 is 5.32 Å². The molecule has 29 heavy (non-hydrogen) atoms. The van der Waals surface area contributed by atoms with E-state index in [1.54, 1.807) is 36.7 Å². The third kappa shape index (κ3) is 4.85. The van der Waals surface area contributed by atoms with Crippen LogP contribution in [0.4, 0.5) is 5.69 Å². The number of thioether (sulfide) groups is 1. The SMILES string of the molecule is O=C(CSc1nnc(-c2ccccn2)n1Cc1ccco1)Nc1ccc(Cl)cc1. The number of nitrogens with one attached hydrogen (secondary N) is 1. The van der Waals surface area contributed by atoms with Crippen molar-refractivity contribution < 1.29 is 9.21 Å². The van der Waals surface area contributed by atoms with Gasteiger partial charge in [-0.25, -0.2) is 0 Å². The van der Waals surface area contributed by atoms with E-state index in [9.17, 15) is 4.79 Å². The number of benzene rings is 1. The molecule has 3 heterocycles. The first kappa shape index (κ1) is 19.2. The molecule has 0 bridgehead atoms. The molecular formula is C20H16ClN5O2S. The zero-order valence-electron chi connectivity index (χ0n) is 15.2. The van der Waals surface area contributed by atoms with Gasteiger partial charge in [-0.05, 0) is 48.5 Å². The molecule has 0 radical (unpaired) electrons. The summed E-state index contributed by atoms with van der Waals surface area (Å²) < 4.78 is 7.36. The summed E-state index contributed by atoms with van der Waals surface area (Å²) in [5.74, 6) is 1.41. The minimum Gasteiger partial charge on any atom is -0.467 e. The van der Waals surface area contributed by atoms with Crippen molar-refractivity contribution >= 4 is 35.0 Å². The van der Waals surface area contributed by atoms with Gasteiger partial charge >= 0.3 is 0 Å². The van der Waals surface area contributed by atoms with Crippen molar-refractivity contribution in [2.75, 3.05) is 11.1 Å². The summed E-state index contributed by atoms with van der Waals surface area (Å²) >= 11 is 7.17. The Morgan fingerprint density at radius 2 is 1.97 bits per heavy atom. The second-order valence-electron chi connectivity index (χ2n) is 6.03. The fourth-order valence-corrected chi connectivity index (χ4v) is 3.51. The van der Waals surface area contributed by atoms with Crippen molar-refractivity contribution in [3.63, 3.8) is 0 Å². The second kappa shape index (κ2) is 8.93. The fourth-order valence-electron chi connectivity index (χ4n) is 2.64. The number of rotatable bonds is 7. The quantitative estimate of drug-likeness (QED) is 0.442. The molecule has 1 N–H and O–H groups in total. The van der Waals surface area contributed by atoms with Crippen molar-refractivity contribution in [1.29, 1.82) is 0 Å². The number of amides is 1. The zero-order chi connectivity index (χ0) is 20.1. The molecule has 0 aliphatic rings. The van der Waals surface area contributed by atoms with Gasteiger partial charge in [0, 0.05) is 16.9 Å². The van der Waals surface area contributed by atoms with Gasteiger partial charge in [0.2, 0.25) is 5.91 Å². The zero-order valence-corrected chi connectivity index (χ0v) is 16.7.